The maximum atomic E-state index is 11.7. The van der Waals surface area contributed by atoms with Crippen LogP contribution in [0.2, 0.25) is 6.04 Å². The van der Waals surface area contributed by atoms with Crippen molar-refractivity contribution in [1.82, 2.24) is 0 Å². The summed E-state index contributed by atoms with van der Waals surface area (Å²) in [5, 5.41) is 0. The van der Waals surface area contributed by atoms with E-state index in [1.807, 2.05) is 0 Å². The molecule has 0 N–H and O–H groups in total. The van der Waals surface area contributed by atoms with Crippen LogP contribution < -0.4 is 0 Å². The van der Waals surface area contributed by atoms with Gasteiger partial charge in [0, 0.05) is 0 Å². The van der Waals surface area contributed by atoms with Crippen LogP contribution in [0.4, 0.5) is 13.2 Å². The van der Waals surface area contributed by atoms with Gasteiger partial charge in [-0.05, 0) is 0 Å². The Balaban J connectivity index is 3.01. The molecule has 0 aromatic carbocycles. The van der Waals surface area contributed by atoms with Gasteiger partial charge in [-0.25, -0.2) is 0 Å². The molecule has 0 atom stereocenters. The van der Waals surface area contributed by atoms with Crippen LogP contribution in [0.3, 0.4) is 0 Å². The zero-order valence-corrected chi connectivity index (χ0v) is 9.00. The van der Waals surface area contributed by atoms with Gasteiger partial charge in [0.2, 0.25) is 0 Å². The molecule has 0 aromatic heterocycles. The number of alkyl halides is 3. The molecule has 0 saturated heterocycles. The minimum Gasteiger partial charge on any atom is -0.178 e. The van der Waals surface area contributed by atoms with Crippen LogP contribution in [0.1, 0.15) is 39.0 Å². The Labute approximate surface area is 74.4 Å². The second-order valence-electron chi connectivity index (χ2n) is 3.13. The highest BCUT2D eigenvalue weighted by molar-refractivity contribution is 6.37. The van der Waals surface area contributed by atoms with Crippen LogP contribution in [0.15, 0.2) is 0 Å². The smallest absolute Gasteiger partial charge is 0.178 e. The van der Waals surface area contributed by atoms with E-state index in [4.69, 9.17) is 0 Å². The fourth-order valence-corrected chi connectivity index (χ4v) is 2.11. The van der Waals surface area contributed by atoms with E-state index in [1.54, 1.807) is 0 Å². The van der Waals surface area contributed by atoms with Crippen molar-refractivity contribution in [1.29, 1.82) is 0 Å². The summed E-state index contributed by atoms with van der Waals surface area (Å²) in [6, 6.07) is 0.438. The average molecular weight is 198 g/mol. The lowest BCUT2D eigenvalue weighted by Gasteiger charge is -2.04. The quantitative estimate of drug-likeness (QED) is 0.454. The van der Waals surface area contributed by atoms with Crippen LogP contribution in [0.25, 0.3) is 0 Å². The van der Waals surface area contributed by atoms with Gasteiger partial charge in [0.1, 0.15) is 0 Å². The van der Waals surface area contributed by atoms with Gasteiger partial charge in [-0.3, -0.25) is 0 Å². The molecule has 0 heterocycles. The highest BCUT2D eigenvalue weighted by atomic mass is 28.2. The Morgan fingerprint density at radius 1 is 1.00 bits per heavy atom. The Kier molecular flexibility index (Phi) is 6.52. The first kappa shape index (κ1) is 12.0. The van der Waals surface area contributed by atoms with Crippen molar-refractivity contribution >= 4 is 9.52 Å². The van der Waals surface area contributed by atoms with Crippen molar-refractivity contribution < 1.29 is 13.2 Å². The topological polar surface area (TPSA) is 0 Å². The summed E-state index contributed by atoms with van der Waals surface area (Å²) in [5.41, 5.74) is 0. The summed E-state index contributed by atoms with van der Waals surface area (Å²) < 4.78 is 35.1. The number of halogens is 3. The van der Waals surface area contributed by atoms with Crippen LogP contribution in [0, 0.1) is 0 Å². The molecule has 0 rings (SSSR count). The SMILES string of the molecule is CCCCCCC[SiH2]C(F)(F)F. The summed E-state index contributed by atoms with van der Waals surface area (Å²) in [5.74, 6) is -3.81. The molecule has 0 aliphatic rings. The monoisotopic (exact) mass is 198 g/mol. The highest BCUT2D eigenvalue weighted by Gasteiger charge is 2.25. The van der Waals surface area contributed by atoms with E-state index in [0.29, 0.717) is 6.04 Å². The normalized spacial score (nSPS) is 13.0. The molecule has 0 fully saturated rings. The van der Waals surface area contributed by atoms with Crippen LogP contribution in [-0.2, 0) is 0 Å². The van der Waals surface area contributed by atoms with Gasteiger partial charge in [0.05, 0.1) is 0 Å². The first-order chi connectivity index (χ1) is 5.56. The Morgan fingerprint density at radius 2 is 1.58 bits per heavy atom. The van der Waals surface area contributed by atoms with Gasteiger partial charge < -0.3 is 0 Å². The van der Waals surface area contributed by atoms with Crippen LogP contribution in [0.5, 0.6) is 0 Å². The number of hydrogen-bond donors (Lipinski definition) is 0. The highest BCUT2D eigenvalue weighted by Crippen LogP contribution is 2.16. The molecule has 0 aliphatic heterocycles. The van der Waals surface area contributed by atoms with Crippen molar-refractivity contribution in [2.75, 3.05) is 0 Å². The largest absolute Gasteiger partial charge is 0.354 e. The second kappa shape index (κ2) is 6.52. The van der Waals surface area contributed by atoms with Crippen molar-refractivity contribution in [2.24, 2.45) is 0 Å². The Bertz CT molecular complexity index is 101. The van der Waals surface area contributed by atoms with Crippen molar-refractivity contribution in [2.45, 2.75) is 50.9 Å². The minimum absolute atomic E-state index is 0.438. The van der Waals surface area contributed by atoms with Crippen molar-refractivity contribution in [3.05, 3.63) is 0 Å². The van der Waals surface area contributed by atoms with Gasteiger partial charge >= 0.3 is 5.80 Å². The molecule has 0 nitrogen and oxygen atoms in total. The van der Waals surface area contributed by atoms with E-state index in [-0.39, 0.29) is 0 Å². The predicted octanol–water partition coefficient (Wildman–Crippen LogP) is 3.06. The van der Waals surface area contributed by atoms with Gasteiger partial charge in [-0.2, -0.15) is 13.2 Å². The molecule has 74 valence electrons. The lowest BCUT2D eigenvalue weighted by Crippen LogP contribution is -2.17. The third-order valence-electron chi connectivity index (χ3n) is 1.81. The summed E-state index contributed by atoms with van der Waals surface area (Å²) in [6.07, 6.45) is 5.18. The molecule has 0 aliphatic carbocycles. The van der Waals surface area contributed by atoms with Crippen molar-refractivity contribution in [3.8, 4) is 0 Å². The third-order valence-corrected chi connectivity index (χ3v) is 3.23. The predicted molar refractivity (Wildman–Crippen MR) is 48.2 cm³/mol. The fourth-order valence-electron chi connectivity index (χ4n) is 1.11. The first-order valence-electron chi connectivity index (χ1n) is 4.63. The Morgan fingerprint density at radius 3 is 2.08 bits per heavy atom. The van der Waals surface area contributed by atoms with E-state index >= 15 is 0 Å². The standard InChI is InChI=1S/C8H17F3Si/c1-2-3-4-5-6-7-12-8(9,10)11/h2-7,12H2,1H3. The lowest BCUT2D eigenvalue weighted by atomic mass is 10.2. The van der Waals surface area contributed by atoms with Crippen molar-refractivity contribution in [3.63, 3.8) is 0 Å². The fraction of sp³-hybridized carbons (Fsp3) is 1.00. The molecule has 0 amide bonds. The van der Waals surface area contributed by atoms with Gasteiger partial charge in [0.15, 0.2) is 9.52 Å². The third kappa shape index (κ3) is 10.0. The summed E-state index contributed by atoms with van der Waals surface area (Å²) >= 11 is 0. The molecule has 0 unspecified atom stereocenters. The van der Waals surface area contributed by atoms with E-state index in [2.05, 4.69) is 6.92 Å². The lowest BCUT2D eigenvalue weighted by molar-refractivity contribution is -0.0472. The van der Waals surface area contributed by atoms with E-state index < -0.39 is 15.3 Å². The zero-order valence-electron chi connectivity index (χ0n) is 7.58. The molecule has 0 radical (unpaired) electrons. The number of rotatable bonds is 6. The van der Waals surface area contributed by atoms with E-state index in [1.165, 1.54) is 0 Å². The van der Waals surface area contributed by atoms with E-state index in [0.717, 1.165) is 32.1 Å². The van der Waals surface area contributed by atoms with Crippen LogP contribution in [-0.4, -0.2) is 15.3 Å². The summed E-state index contributed by atoms with van der Waals surface area (Å²) in [4.78, 5) is 0. The second-order valence-corrected chi connectivity index (χ2v) is 5.14. The maximum Gasteiger partial charge on any atom is 0.354 e. The van der Waals surface area contributed by atoms with E-state index in [9.17, 15) is 13.2 Å². The van der Waals surface area contributed by atoms with Gasteiger partial charge in [-0.1, -0.05) is 45.1 Å². The minimum atomic E-state index is -3.81. The number of unbranched alkanes of at least 4 members (excludes halogenated alkanes) is 4. The molecule has 0 spiro atoms. The van der Waals surface area contributed by atoms with Crippen LogP contribution >= 0.6 is 0 Å². The zero-order chi connectivity index (χ0) is 9.45. The molecule has 0 bridgehead atoms. The average Bonchev–Trinajstić information content (AvgIpc) is 1.94. The molecular weight excluding hydrogens is 181 g/mol. The summed E-state index contributed by atoms with van der Waals surface area (Å²) in [7, 11) is -1.78. The molecule has 12 heavy (non-hydrogen) atoms. The van der Waals surface area contributed by atoms with Gasteiger partial charge in [0.25, 0.3) is 0 Å². The maximum absolute atomic E-state index is 11.7. The first-order valence-corrected chi connectivity index (χ1v) is 6.33. The molecule has 0 aromatic rings. The summed E-state index contributed by atoms with van der Waals surface area (Å²) in [6.45, 7) is 2.10. The molecule has 4 heteroatoms. The molecular formula is C8H17F3Si. The number of hydrogen-bond acceptors (Lipinski definition) is 0. The van der Waals surface area contributed by atoms with Gasteiger partial charge in [-0.15, -0.1) is 0 Å². The molecule has 0 saturated carbocycles. The Hall–Kier alpha value is 0.00688.